The first-order valence-corrected chi connectivity index (χ1v) is 8.02. The SMILES string of the molecule is CC12C=C(O)C3=C(C=CC4CC(O)CCC34C)C1=CC=C2O. The van der Waals surface area contributed by atoms with Gasteiger partial charge in [-0.05, 0) is 55.4 Å². The third-order valence-corrected chi connectivity index (χ3v) is 6.15. The minimum Gasteiger partial charge on any atom is -0.511 e. The molecule has 1 fully saturated rings. The van der Waals surface area contributed by atoms with Crippen LogP contribution in [0.1, 0.15) is 33.1 Å². The highest BCUT2D eigenvalue weighted by molar-refractivity contribution is 5.65. The van der Waals surface area contributed by atoms with Crippen LogP contribution in [-0.2, 0) is 0 Å². The molecule has 116 valence electrons. The maximum atomic E-state index is 10.7. The second kappa shape index (κ2) is 4.17. The fourth-order valence-electron chi connectivity index (χ4n) is 4.70. The molecule has 0 bridgehead atoms. The molecule has 4 atom stereocenters. The molecule has 4 unspecified atom stereocenters. The van der Waals surface area contributed by atoms with E-state index in [2.05, 4.69) is 19.1 Å². The topological polar surface area (TPSA) is 60.7 Å². The van der Waals surface area contributed by atoms with Gasteiger partial charge >= 0.3 is 0 Å². The number of allylic oxidation sites excluding steroid dienone is 7. The van der Waals surface area contributed by atoms with E-state index in [1.165, 1.54) is 0 Å². The quantitative estimate of drug-likeness (QED) is 0.636. The van der Waals surface area contributed by atoms with E-state index in [0.717, 1.165) is 36.0 Å². The van der Waals surface area contributed by atoms with Crippen LogP contribution in [0.2, 0.25) is 0 Å². The lowest BCUT2D eigenvalue weighted by Crippen LogP contribution is -2.41. The summed E-state index contributed by atoms with van der Waals surface area (Å²) in [4.78, 5) is 0. The van der Waals surface area contributed by atoms with Gasteiger partial charge in [0.15, 0.2) is 0 Å². The summed E-state index contributed by atoms with van der Waals surface area (Å²) in [6.45, 7) is 4.13. The number of aliphatic hydroxyl groups excluding tert-OH is 3. The first-order chi connectivity index (χ1) is 10.4. The van der Waals surface area contributed by atoms with Crippen LogP contribution in [0, 0.1) is 16.7 Å². The average molecular weight is 298 g/mol. The van der Waals surface area contributed by atoms with Crippen molar-refractivity contribution in [2.45, 2.75) is 39.2 Å². The normalized spacial score (nSPS) is 43.0. The van der Waals surface area contributed by atoms with Gasteiger partial charge in [-0.2, -0.15) is 0 Å². The summed E-state index contributed by atoms with van der Waals surface area (Å²) >= 11 is 0. The van der Waals surface area contributed by atoms with Crippen molar-refractivity contribution < 1.29 is 15.3 Å². The van der Waals surface area contributed by atoms with Crippen LogP contribution in [0.3, 0.4) is 0 Å². The van der Waals surface area contributed by atoms with Crippen LogP contribution in [0.4, 0.5) is 0 Å². The maximum Gasteiger partial charge on any atom is 0.117 e. The predicted molar refractivity (Wildman–Crippen MR) is 85.2 cm³/mol. The minimum absolute atomic E-state index is 0.149. The molecule has 3 N–H and O–H groups in total. The lowest BCUT2D eigenvalue weighted by molar-refractivity contribution is 0.0532. The fraction of sp³-hybridized carbons (Fsp3) is 0.474. The lowest BCUT2D eigenvalue weighted by Gasteiger charge is -2.48. The van der Waals surface area contributed by atoms with Gasteiger partial charge in [-0.1, -0.05) is 25.2 Å². The molecule has 0 saturated heterocycles. The van der Waals surface area contributed by atoms with E-state index in [4.69, 9.17) is 0 Å². The van der Waals surface area contributed by atoms with Crippen LogP contribution in [0.25, 0.3) is 0 Å². The molecule has 0 heterocycles. The Morgan fingerprint density at radius 2 is 1.95 bits per heavy atom. The second-order valence-corrected chi connectivity index (χ2v) is 7.46. The van der Waals surface area contributed by atoms with Crippen molar-refractivity contribution >= 4 is 0 Å². The van der Waals surface area contributed by atoms with Crippen LogP contribution in [-0.4, -0.2) is 21.4 Å². The van der Waals surface area contributed by atoms with Crippen molar-refractivity contribution in [1.82, 2.24) is 0 Å². The lowest BCUT2D eigenvalue weighted by atomic mass is 9.56. The standard InChI is InChI=1S/C19H22O3/c1-18-8-7-12(20)9-11(18)3-4-13-14-5-6-16(22)19(14,2)10-15(21)17(13)18/h3-6,10-12,20-22H,7-9H2,1-2H3. The zero-order chi connectivity index (χ0) is 15.7. The van der Waals surface area contributed by atoms with Crippen molar-refractivity contribution in [2.24, 2.45) is 16.7 Å². The molecule has 0 aromatic carbocycles. The van der Waals surface area contributed by atoms with E-state index < -0.39 is 5.41 Å². The van der Waals surface area contributed by atoms with Crippen molar-refractivity contribution in [2.75, 3.05) is 0 Å². The van der Waals surface area contributed by atoms with Gasteiger partial charge in [0.25, 0.3) is 0 Å². The Hall–Kier alpha value is -1.74. The van der Waals surface area contributed by atoms with Crippen molar-refractivity contribution in [3.63, 3.8) is 0 Å². The first-order valence-electron chi connectivity index (χ1n) is 8.02. The number of aliphatic hydroxyl groups is 3. The summed E-state index contributed by atoms with van der Waals surface area (Å²) in [7, 11) is 0. The Morgan fingerprint density at radius 1 is 1.18 bits per heavy atom. The van der Waals surface area contributed by atoms with Crippen LogP contribution < -0.4 is 0 Å². The third-order valence-electron chi connectivity index (χ3n) is 6.15. The molecule has 3 nitrogen and oxygen atoms in total. The highest BCUT2D eigenvalue weighted by atomic mass is 16.3. The summed E-state index contributed by atoms with van der Waals surface area (Å²) in [6, 6.07) is 0. The average Bonchev–Trinajstić information content (AvgIpc) is 2.75. The molecule has 1 saturated carbocycles. The van der Waals surface area contributed by atoms with Gasteiger partial charge in [0.1, 0.15) is 11.5 Å². The van der Waals surface area contributed by atoms with Gasteiger partial charge in [-0.15, -0.1) is 0 Å². The summed E-state index contributed by atoms with van der Waals surface area (Å²) in [5.74, 6) is 0.809. The first kappa shape index (κ1) is 13.9. The van der Waals surface area contributed by atoms with Gasteiger partial charge in [0.2, 0.25) is 0 Å². The van der Waals surface area contributed by atoms with Gasteiger partial charge in [0.05, 0.1) is 11.5 Å². The largest absolute Gasteiger partial charge is 0.511 e. The summed E-state index contributed by atoms with van der Waals surface area (Å²) < 4.78 is 0. The Labute approximate surface area is 130 Å². The molecule has 0 amide bonds. The number of hydrogen-bond acceptors (Lipinski definition) is 3. The zero-order valence-electron chi connectivity index (χ0n) is 13.0. The third kappa shape index (κ3) is 1.55. The van der Waals surface area contributed by atoms with Crippen molar-refractivity contribution in [1.29, 1.82) is 0 Å². The minimum atomic E-state index is -0.620. The highest BCUT2D eigenvalue weighted by Crippen LogP contribution is 2.59. The molecular formula is C19H22O3. The van der Waals surface area contributed by atoms with E-state index in [-0.39, 0.29) is 29.0 Å². The van der Waals surface area contributed by atoms with E-state index in [9.17, 15) is 15.3 Å². The molecule has 4 aliphatic rings. The van der Waals surface area contributed by atoms with Gasteiger partial charge in [0, 0.05) is 11.0 Å². The molecule has 4 aliphatic carbocycles. The molecular weight excluding hydrogens is 276 g/mol. The Balaban J connectivity index is 1.87. The van der Waals surface area contributed by atoms with Crippen LogP contribution >= 0.6 is 0 Å². The Morgan fingerprint density at radius 3 is 2.73 bits per heavy atom. The second-order valence-electron chi connectivity index (χ2n) is 7.46. The number of hydrogen-bond donors (Lipinski definition) is 3. The molecule has 0 spiro atoms. The number of rotatable bonds is 0. The van der Waals surface area contributed by atoms with Crippen molar-refractivity contribution in [3.8, 4) is 0 Å². The monoisotopic (exact) mass is 298 g/mol. The molecule has 0 aliphatic heterocycles. The maximum absolute atomic E-state index is 10.7. The van der Waals surface area contributed by atoms with Crippen LogP contribution in [0.15, 0.2) is 58.6 Å². The van der Waals surface area contributed by atoms with Gasteiger partial charge < -0.3 is 15.3 Å². The molecule has 22 heavy (non-hydrogen) atoms. The van der Waals surface area contributed by atoms with E-state index in [0.29, 0.717) is 0 Å². The van der Waals surface area contributed by atoms with Crippen LogP contribution in [0.5, 0.6) is 0 Å². The predicted octanol–water partition coefficient (Wildman–Crippen LogP) is 3.86. The zero-order valence-corrected chi connectivity index (χ0v) is 13.0. The van der Waals surface area contributed by atoms with Crippen molar-refractivity contribution in [3.05, 3.63) is 58.6 Å². The van der Waals surface area contributed by atoms with Gasteiger partial charge in [-0.25, -0.2) is 0 Å². The molecule has 0 aromatic heterocycles. The molecule has 4 rings (SSSR count). The van der Waals surface area contributed by atoms with E-state index >= 15 is 0 Å². The number of fused-ring (bicyclic) bond motifs is 4. The van der Waals surface area contributed by atoms with Gasteiger partial charge in [-0.3, -0.25) is 0 Å². The van der Waals surface area contributed by atoms with E-state index in [1.54, 1.807) is 12.2 Å². The molecule has 0 radical (unpaired) electrons. The smallest absolute Gasteiger partial charge is 0.117 e. The summed E-state index contributed by atoms with van der Waals surface area (Å²) in [6.07, 6.45) is 11.8. The highest BCUT2D eigenvalue weighted by Gasteiger charge is 2.50. The summed E-state index contributed by atoms with van der Waals surface area (Å²) in [5, 5.41) is 30.9. The van der Waals surface area contributed by atoms with E-state index in [1.807, 2.05) is 13.0 Å². The summed E-state index contributed by atoms with van der Waals surface area (Å²) in [5.41, 5.74) is 2.31. The molecule has 0 aromatic rings. The Bertz CT molecular complexity index is 706. The molecule has 3 heteroatoms. The Kier molecular flexibility index (Phi) is 2.63. The fourth-order valence-corrected chi connectivity index (χ4v) is 4.70.